The smallest absolute Gasteiger partial charge is 0.317 e. The lowest BCUT2D eigenvalue weighted by atomic mass is 10.1. The third kappa shape index (κ3) is 4.17. The number of benzene rings is 2. The van der Waals surface area contributed by atoms with Crippen LogP contribution in [0.5, 0.6) is 5.75 Å². The van der Waals surface area contributed by atoms with Crippen LogP contribution in [0.4, 0.5) is 4.79 Å². The predicted octanol–water partition coefficient (Wildman–Crippen LogP) is 2.56. The molecule has 1 fully saturated rings. The van der Waals surface area contributed by atoms with Crippen molar-refractivity contribution >= 4 is 16.8 Å². The number of likely N-dealkylation sites (N-methyl/N-ethyl adjacent to an activating group) is 1. The van der Waals surface area contributed by atoms with E-state index in [1.807, 2.05) is 37.2 Å². The molecule has 1 aliphatic heterocycles. The second-order valence-electron chi connectivity index (χ2n) is 6.52. The minimum Gasteiger partial charge on any atom is -0.488 e. The summed E-state index contributed by atoms with van der Waals surface area (Å²) in [6, 6.07) is 14.4. The number of fused-ring (bicyclic) bond motifs is 1. The molecular weight excluding hydrogens is 302 g/mol. The first-order valence-corrected chi connectivity index (χ1v) is 8.45. The lowest BCUT2D eigenvalue weighted by Crippen LogP contribution is -2.41. The first kappa shape index (κ1) is 16.6. The second-order valence-corrected chi connectivity index (χ2v) is 6.52. The Morgan fingerprint density at radius 1 is 1.25 bits per heavy atom. The van der Waals surface area contributed by atoms with Crippen LogP contribution >= 0.6 is 0 Å². The highest BCUT2D eigenvalue weighted by Gasteiger charge is 2.27. The number of hydrogen-bond acceptors (Lipinski definition) is 3. The Balaban J connectivity index is 1.52. The van der Waals surface area contributed by atoms with E-state index in [1.54, 1.807) is 0 Å². The van der Waals surface area contributed by atoms with E-state index in [1.165, 1.54) is 10.8 Å². The standard InChI is InChI=1S/C19H25N3O2/c1-21(2)12-10-20-19(23)22-11-9-18(14-22)24-17-8-7-15-5-3-4-6-16(15)13-17/h3-8,13,18H,9-12,14H2,1-2H3,(H,20,23). The molecule has 1 unspecified atom stereocenters. The molecule has 2 amide bonds. The van der Waals surface area contributed by atoms with Gasteiger partial charge in [-0.1, -0.05) is 30.3 Å². The van der Waals surface area contributed by atoms with Gasteiger partial charge >= 0.3 is 6.03 Å². The molecule has 5 nitrogen and oxygen atoms in total. The number of likely N-dealkylation sites (tertiary alicyclic amines) is 1. The molecule has 1 saturated heterocycles. The van der Waals surface area contributed by atoms with Crippen LogP contribution in [0.2, 0.25) is 0 Å². The zero-order valence-electron chi connectivity index (χ0n) is 14.4. The number of carbonyl (C=O) groups is 1. The summed E-state index contributed by atoms with van der Waals surface area (Å²) in [6.45, 7) is 2.89. The number of hydrogen-bond donors (Lipinski definition) is 1. The number of urea groups is 1. The molecule has 24 heavy (non-hydrogen) atoms. The van der Waals surface area contributed by atoms with E-state index in [4.69, 9.17) is 4.74 Å². The number of nitrogens with one attached hydrogen (secondary N) is 1. The van der Waals surface area contributed by atoms with Crippen molar-refractivity contribution in [2.75, 3.05) is 40.3 Å². The molecule has 3 rings (SSSR count). The molecule has 0 spiro atoms. The van der Waals surface area contributed by atoms with Crippen molar-refractivity contribution in [3.8, 4) is 5.75 Å². The molecule has 0 aromatic heterocycles. The van der Waals surface area contributed by atoms with Crippen molar-refractivity contribution in [2.45, 2.75) is 12.5 Å². The van der Waals surface area contributed by atoms with Gasteiger partial charge in [0.15, 0.2) is 0 Å². The number of nitrogens with zero attached hydrogens (tertiary/aromatic N) is 2. The van der Waals surface area contributed by atoms with Gasteiger partial charge in [-0.05, 0) is 37.0 Å². The molecule has 2 aromatic rings. The lowest BCUT2D eigenvalue weighted by Gasteiger charge is -2.19. The minimum atomic E-state index is 0.00135. The van der Waals surface area contributed by atoms with Crippen molar-refractivity contribution in [2.24, 2.45) is 0 Å². The molecule has 1 N–H and O–H groups in total. The van der Waals surface area contributed by atoms with Crippen LogP contribution in [-0.2, 0) is 0 Å². The van der Waals surface area contributed by atoms with Crippen molar-refractivity contribution in [3.05, 3.63) is 42.5 Å². The minimum absolute atomic E-state index is 0.00135. The molecule has 0 aliphatic carbocycles. The zero-order chi connectivity index (χ0) is 16.9. The monoisotopic (exact) mass is 327 g/mol. The molecule has 128 valence electrons. The molecule has 2 aromatic carbocycles. The summed E-state index contributed by atoms with van der Waals surface area (Å²) in [5, 5.41) is 5.33. The predicted molar refractivity (Wildman–Crippen MR) is 96.5 cm³/mol. The lowest BCUT2D eigenvalue weighted by molar-refractivity contribution is 0.186. The molecule has 5 heteroatoms. The summed E-state index contributed by atoms with van der Waals surface area (Å²) in [6.07, 6.45) is 0.930. The normalized spacial score (nSPS) is 17.5. The van der Waals surface area contributed by atoms with E-state index in [0.717, 1.165) is 25.3 Å². The Kier molecular flexibility index (Phi) is 5.20. The Morgan fingerprint density at radius 3 is 2.83 bits per heavy atom. The van der Waals surface area contributed by atoms with Crippen LogP contribution in [0.3, 0.4) is 0 Å². The number of carbonyl (C=O) groups excluding carboxylic acids is 1. The Bertz CT molecular complexity index is 702. The van der Waals surface area contributed by atoms with Gasteiger partial charge in [0.1, 0.15) is 11.9 Å². The van der Waals surface area contributed by atoms with Gasteiger partial charge in [-0.3, -0.25) is 0 Å². The first-order chi connectivity index (χ1) is 11.6. The fourth-order valence-corrected chi connectivity index (χ4v) is 2.94. The number of amides is 2. The Morgan fingerprint density at radius 2 is 2.04 bits per heavy atom. The van der Waals surface area contributed by atoms with Gasteiger partial charge in [-0.2, -0.15) is 0 Å². The average Bonchev–Trinajstić information content (AvgIpc) is 3.03. The summed E-state index contributed by atoms with van der Waals surface area (Å²) >= 11 is 0. The van der Waals surface area contributed by atoms with Gasteiger partial charge in [0.25, 0.3) is 0 Å². The molecule has 0 bridgehead atoms. The second kappa shape index (κ2) is 7.53. The van der Waals surface area contributed by atoms with Crippen LogP contribution in [0.25, 0.3) is 10.8 Å². The maximum Gasteiger partial charge on any atom is 0.317 e. The van der Waals surface area contributed by atoms with Crippen LogP contribution in [0.15, 0.2) is 42.5 Å². The molecule has 0 saturated carbocycles. The summed E-state index contributed by atoms with van der Waals surface area (Å²) in [5.74, 6) is 0.869. The third-order valence-electron chi connectivity index (χ3n) is 4.29. The highest BCUT2D eigenvalue weighted by Crippen LogP contribution is 2.23. The van der Waals surface area contributed by atoms with E-state index in [-0.39, 0.29) is 12.1 Å². The summed E-state index contributed by atoms with van der Waals surface area (Å²) in [5.41, 5.74) is 0. The molecule has 1 atom stereocenters. The van der Waals surface area contributed by atoms with E-state index in [2.05, 4.69) is 34.5 Å². The molecule has 1 heterocycles. The van der Waals surface area contributed by atoms with Crippen LogP contribution in [0, 0.1) is 0 Å². The van der Waals surface area contributed by atoms with Crippen molar-refractivity contribution in [3.63, 3.8) is 0 Å². The topological polar surface area (TPSA) is 44.8 Å². The van der Waals surface area contributed by atoms with Crippen molar-refractivity contribution in [1.29, 1.82) is 0 Å². The van der Waals surface area contributed by atoms with E-state index in [0.29, 0.717) is 13.1 Å². The highest BCUT2D eigenvalue weighted by atomic mass is 16.5. The fourth-order valence-electron chi connectivity index (χ4n) is 2.94. The van der Waals surface area contributed by atoms with Crippen molar-refractivity contribution < 1.29 is 9.53 Å². The molecular formula is C19H25N3O2. The highest BCUT2D eigenvalue weighted by molar-refractivity contribution is 5.83. The Labute approximate surface area is 143 Å². The van der Waals surface area contributed by atoms with Crippen LogP contribution in [0.1, 0.15) is 6.42 Å². The van der Waals surface area contributed by atoms with Gasteiger partial charge in [0.05, 0.1) is 6.54 Å². The SMILES string of the molecule is CN(C)CCNC(=O)N1CCC(Oc2ccc3ccccc3c2)C1. The maximum absolute atomic E-state index is 12.1. The largest absolute Gasteiger partial charge is 0.488 e. The Hall–Kier alpha value is -2.27. The fraction of sp³-hybridized carbons (Fsp3) is 0.421. The summed E-state index contributed by atoms with van der Waals surface area (Å²) in [4.78, 5) is 16.0. The summed E-state index contributed by atoms with van der Waals surface area (Å²) in [7, 11) is 3.99. The quantitative estimate of drug-likeness (QED) is 0.918. The van der Waals surface area contributed by atoms with E-state index >= 15 is 0 Å². The molecule has 1 aliphatic rings. The van der Waals surface area contributed by atoms with Gasteiger partial charge < -0.3 is 19.9 Å². The first-order valence-electron chi connectivity index (χ1n) is 8.45. The number of ether oxygens (including phenoxy) is 1. The van der Waals surface area contributed by atoms with Crippen LogP contribution < -0.4 is 10.1 Å². The van der Waals surface area contributed by atoms with Gasteiger partial charge in [-0.25, -0.2) is 4.79 Å². The van der Waals surface area contributed by atoms with E-state index < -0.39 is 0 Å². The van der Waals surface area contributed by atoms with Gasteiger partial charge in [-0.15, -0.1) is 0 Å². The van der Waals surface area contributed by atoms with Crippen LogP contribution in [-0.4, -0.2) is 62.2 Å². The van der Waals surface area contributed by atoms with E-state index in [9.17, 15) is 4.79 Å². The average molecular weight is 327 g/mol. The summed E-state index contributed by atoms with van der Waals surface area (Å²) < 4.78 is 6.08. The third-order valence-corrected chi connectivity index (χ3v) is 4.29. The van der Waals surface area contributed by atoms with Gasteiger partial charge in [0, 0.05) is 26.1 Å². The maximum atomic E-state index is 12.1. The number of rotatable bonds is 5. The van der Waals surface area contributed by atoms with Crippen molar-refractivity contribution in [1.82, 2.24) is 15.1 Å². The molecule has 0 radical (unpaired) electrons. The van der Waals surface area contributed by atoms with Gasteiger partial charge in [0.2, 0.25) is 0 Å². The zero-order valence-corrected chi connectivity index (χ0v) is 14.4.